The quantitative estimate of drug-likeness (QED) is 0.866. The van der Waals surface area contributed by atoms with Crippen LogP contribution in [0.3, 0.4) is 0 Å². The maximum absolute atomic E-state index is 6.10. The van der Waals surface area contributed by atoms with Gasteiger partial charge in [0.1, 0.15) is 5.52 Å². The molecule has 6 nitrogen and oxygen atoms in total. The van der Waals surface area contributed by atoms with Crippen LogP contribution in [0.2, 0.25) is 0 Å². The smallest absolute Gasteiger partial charge is 0.202 e. The Morgan fingerprint density at radius 3 is 2.70 bits per heavy atom. The summed E-state index contributed by atoms with van der Waals surface area (Å²) < 4.78 is 4.01. The van der Waals surface area contributed by atoms with E-state index < -0.39 is 0 Å². The monoisotopic (exact) mass is 276 g/mol. The third kappa shape index (κ3) is 2.18. The minimum Gasteiger partial charge on any atom is -0.369 e. The van der Waals surface area contributed by atoms with Crippen LogP contribution in [-0.4, -0.2) is 43.4 Å². The second-order valence-corrected chi connectivity index (χ2v) is 5.58. The van der Waals surface area contributed by atoms with Crippen LogP contribution >= 0.6 is 0 Å². The summed E-state index contributed by atoms with van der Waals surface area (Å²) in [5.41, 5.74) is 9.14. The van der Waals surface area contributed by atoms with E-state index in [-0.39, 0.29) is 0 Å². The Kier molecular flexibility index (Phi) is 3.41. The standard InChI is InChI=1S/C14H24N6/c1-4-11-12-13(18(3)17-11)20(14(15)16-12)9-8-19(5-2)10-6-7-10/h10H,4-9H2,1-3H3,(H2,15,16). The van der Waals surface area contributed by atoms with E-state index in [0.29, 0.717) is 5.95 Å². The van der Waals surface area contributed by atoms with Crippen LogP contribution in [-0.2, 0) is 20.0 Å². The highest BCUT2D eigenvalue weighted by Crippen LogP contribution is 2.27. The number of imidazole rings is 1. The first-order chi connectivity index (χ1) is 9.65. The highest BCUT2D eigenvalue weighted by molar-refractivity contribution is 5.77. The molecule has 2 aromatic heterocycles. The van der Waals surface area contributed by atoms with Crippen molar-refractivity contribution in [2.75, 3.05) is 18.8 Å². The first kappa shape index (κ1) is 13.4. The van der Waals surface area contributed by atoms with Gasteiger partial charge in [-0.2, -0.15) is 5.10 Å². The number of rotatable bonds is 6. The van der Waals surface area contributed by atoms with Crippen molar-refractivity contribution in [1.82, 2.24) is 24.2 Å². The molecule has 2 aromatic rings. The van der Waals surface area contributed by atoms with Crippen LogP contribution in [0, 0.1) is 0 Å². The molecule has 0 spiro atoms. The molecule has 1 fully saturated rings. The van der Waals surface area contributed by atoms with E-state index in [4.69, 9.17) is 5.73 Å². The Bertz CT molecular complexity index is 607. The van der Waals surface area contributed by atoms with Gasteiger partial charge in [-0.15, -0.1) is 0 Å². The molecule has 0 aliphatic heterocycles. The highest BCUT2D eigenvalue weighted by Gasteiger charge is 2.27. The van der Waals surface area contributed by atoms with E-state index in [1.807, 2.05) is 11.7 Å². The third-order valence-corrected chi connectivity index (χ3v) is 4.24. The lowest BCUT2D eigenvalue weighted by molar-refractivity contribution is 0.267. The van der Waals surface area contributed by atoms with Crippen LogP contribution in [0.15, 0.2) is 0 Å². The average Bonchev–Trinajstić information content (AvgIpc) is 3.15. The number of aryl methyl sites for hydroxylation is 2. The number of anilines is 1. The Morgan fingerprint density at radius 2 is 2.10 bits per heavy atom. The molecule has 20 heavy (non-hydrogen) atoms. The molecule has 0 bridgehead atoms. The van der Waals surface area contributed by atoms with Crippen molar-refractivity contribution in [1.29, 1.82) is 0 Å². The van der Waals surface area contributed by atoms with Crippen LogP contribution in [0.4, 0.5) is 5.95 Å². The summed E-state index contributed by atoms with van der Waals surface area (Å²) in [4.78, 5) is 7.04. The molecule has 0 unspecified atom stereocenters. The molecule has 0 amide bonds. The lowest BCUT2D eigenvalue weighted by Crippen LogP contribution is -2.29. The minimum atomic E-state index is 0.606. The minimum absolute atomic E-state index is 0.606. The number of nitrogens with zero attached hydrogens (tertiary/aromatic N) is 5. The second-order valence-electron chi connectivity index (χ2n) is 5.58. The zero-order valence-corrected chi connectivity index (χ0v) is 12.6. The number of nitrogen functional groups attached to an aromatic ring is 1. The maximum atomic E-state index is 6.10. The van der Waals surface area contributed by atoms with E-state index in [2.05, 4.69) is 33.4 Å². The van der Waals surface area contributed by atoms with Crippen LogP contribution in [0.5, 0.6) is 0 Å². The SMILES string of the molecule is CCc1nn(C)c2c1nc(N)n2CCN(CC)C1CC1. The van der Waals surface area contributed by atoms with Crippen LogP contribution in [0.25, 0.3) is 11.2 Å². The lowest BCUT2D eigenvalue weighted by atomic mass is 10.3. The molecule has 0 aromatic carbocycles. The average molecular weight is 276 g/mol. The van der Waals surface area contributed by atoms with Gasteiger partial charge in [0.05, 0.1) is 5.69 Å². The summed E-state index contributed by atoms with van der Waals surface area (Å²) in [6.45, 7) is 7.35. The Hall–Kier alpha value is -1.56. The zero-order valence-electron chi connectivity index (χ0n) is 12.6. The molecule has 0 saturated heterocycles. The fraction of sp³-hybridized carbons (Fsp3) is 0.714. The number of hydrogen-bond donors (Lipinski definition) is 1. The van der Waals surface area contributed by atoms with Crippen LogP contribution < -0.4 is 5.73 Å². The molecular weight excluding hydrogens is 252 g/mol. The van der Waals surface area contributed by atoms with E-state index in [0.717, 1.165) is 49.0 Å². The molecule has 2 N–H and O–H groups in total. The van der Waals surface area contributed by atoms with Gasteiger partial charge in [0.15, 0.2) is 5.65 Å². The maximum Gasteiger partial charge on any atom is 0.202 e. The summed E-state index contributed by atoms with van der Waals surface area (Å²) in [5, 5.41) is 4.53. The molecule has 3 rings (SSSR count). The van der Waals surface area contributed by atoms with Gasteiger partial charge in [0, 0.05) is 26.2 Å². The predicted octanol–water partition coefficient (Wildman–Crippen LogP) is 1.40. The van der Waals surface area contributed by atoms with Gasteiger partial charge >= 0.3 is 0 Å². The molecule has 6 heteroatoms. The van der Waals surface area contributed by atoms with Gasteiger partial charge in [-0.05, 0) is 25.8 Å². The van der Waals surface area contributed by atoms with Crippen molar-refractivity contribution in [3.05, 3.63) is 5.69 Å². The van der Waals surface area contributed by atoms with E-state index in [1.54, 1.807) is 0 Å². The van der Waals surface area contributed by atoms with Gasteiger partial charge in [0.2, 0.25) is 5.95 Å². The van der Waals surface area contributed by atoms with Gasteiger partial charge in [-0.1, -0.05) is 13.8 Å². The fourth-order valence-corrected chi connectivity index (χ4v) is 2.98. The molecular formula is C14H24N6. The van der Waals surface area contributed by atoms with E-state index >= 15 is 0 Å². The van der Waals surface area contributed by atoms with Crippen molar-refractivity contribution in [2.24, 2.45) is 7.05 Å². The second kappa shape index (κ2) is 5.09. The molecule has 0 radical (unpaired) electrons. The van der Waals surface area contributed by atoms with Crippen molar-refractivity contribution < 1.29 is 0 Å². The van der Waals surface area contributed by atoms with Gasteiger partial charge in [-0.25, -0.2) is 4.98 Å². The third-order valence-electron chi connectivity index (χ3n) is 4.24. The van der Waals surface area contributed by atoms with E-state index in [1.165, 1.54) is 12.8 Å². The largest absolute Gasteiger partial charge is 0.369 e. The lowest BCUT2D eigenvalue weighted by Gasteiger charge is -2.20. The Morgan fingerprint density at radius 1 is 1.35 bits per heavy atom. The Labute approximate surface area is 119 Å². The number of fused-ring (bicyclic) bond motifs is 1. The van der Waals surface area contributed by atoms with Gasteiger partial charge in [-0.3, -0.25) is 14.1 Å². The number of nitrogens with two attached hydrogens (primary N) is 1. The number of hydrogen-bond acceptors (Lipinski definition) is 4. The summed E-state index contributed by atoms with van der Waals surface area (Å²) in [5.74, 6) is 0.606. The highest BCUT2D eigenvalue weighted by atomic mass is 15.4. The van der Waals surface area contributed by atoms with Crippen LogP contribution in [0.1, 0.15) is 32.4 Å². The summed E-state index contributed by atoms with van der Waals surface area (Å²) >= 11 is 0. The first-order valence-corrected chi connectivity index (χ1v) is 7.57. The molecule has 0 atom stereocenters. The predicted molar refractivity (Wildman–Crippen MR) is 80.6 cm³/mol. The first-order valence-electron chi connectivity index (χ1n) is 7.57. The van der Waals surface area contributed by atoms with Crippen molar-refractivity contribution in [3.63, 3.8) is 0 Å². The summed E-state index contributed by atoms with van der Waals surface area (Å²) in [6.07, 6.45) is 3.57. The molecule has 110 valence electrons. The Balaban J connectivity index is 1.86. The zero-order chi connectivity index (χ0) is 14.3. The van der Waals surface area contributed by atoms with Gasteiger partial charge < -0.3 is 5.73 Å². The van der Waals surface area contributed by atoms with Gasteiger partial charge in [0.25, 0.3) is 0 Å². The molecule has 1 aliphatic carbocycles. The van der Waals surface area contributed by atoms with Crippen molar-refractivity contribution in [2.45, 2.75) is 45.7 Å². The molecule has 1 aliphatic rings. The summed E-state index contributed by atoms with van der Waals surface area (Å²) in [7, 11) is 1.97. The summed E-state index contributed by atoms with van der Waals surface area (Å²) in [6, 6.07) is 0.790. The molecule has 1 saturated carbocycles. The molecule has 2 heterocycles. The normalized spacial score (nSPS) is 15.6. The number of likely N-dealkylation sites (N-methyl/N-ethyl adjacent to an activating group) is 1. The number of aromatic nitrogens is 4. The fourth-order valence-electron chi connectivity index (χ4n) is 2.98. The van der Waals surface area contributed by atoms with Crippen molar-refractivity contribution in [3.8, 4) is 0 Å². The van der Waals surface area contributed by atoms with Crippen molar-refractivity contribution >= 4 is 17.1 Å². The topological polar surface area (TPSA) is 64.9 Å². The van der Waals surface area contributed by atoms with E-state index in [9.17, 15) is 0 Å².